The van der Waals surface area contributed by atoms with Gasteiger partial charge in [-0.1, -0.05) is 18.2 Å². The van der Waals surface area contributed by atoms with Gasteiger partial charge in [0.1, 0.15) is 17.5 Å². The van der Waals surface area contributed by atoms with E-state index in [1.165, 1.54) is 12.1 Å². The molecule has 0 spiro atoms. The number of halogens is 2. The van der Waals surface area contributed by atoms with Gasteiger partial charge < -0.3 is 5.73 Å². The fraction of sp³-hybridized carbons (Fsp3) is 0.211. The van der Waals surface area contributed by atoms with E-state index in [0.717, 1.165) is 18.1 Å². The van der Waals surface area contributed by atoms with Crippen LogP contribution in [0.3, 0.4) is 0 Å². The number of benzene rings is 2. The molecule has 0 atom stereocenters. The molecule has 0 saturated heterocycles. The molecule has 3 aromatic rings. The van der Waals surface area contributed by atoms with Crippen molar-refractivity contribution in [3.63, 3.8) is 0 Å². The number of hydrogen-bond donors (Lipinski definition) is 2. The third-order valence-electron chi connectivity index (χ3n) is 4.00. The van der Waals surface area contributed by atoms with E-state index in [9.17, 15) is 13.6 Å². The lowest BCUT2D eigenvalue weighted by Gasteiger charge is -2.05. The molecule has 1 amide bonds. The van der Waals surface area contributed by atoms with Crippen LogP contribution in [0.4, 0.5) is 8.78 Å². The van der Waals surface area contributed by atoms with Gasteiger partial charge in [0.15, 0.2) is 5.82 Å². The maximum absolute atomic E-state index is 13.2. The third kappa shape index (κ3) is 4.50. The molecule has 0 aliphatic rings. The number of aromatic amines is 1. The summed E-state index contributed by atoms with van der Waals surface area (Å²) in [5.41, 5.74) is 7.28. The predicted octanol–water partition coefficient (Wildman–Crippen LogP) is 2.95. The van der Waals surface area contributed by atoms with Gasteiger partial charge in [-0.05, 0) is 42.2 Å². The van der Waals surface area contributed by atoms with Crippen molar-refractivity contribution in [1.29, 1.82) is 0 Å². The molecule has 3 N–H and O–H groups in total. The lowest BCUT2D eigenvalue weighted by Crippen LogP contribution is -2.13. The molecule has 0 aliphatic heterocycles. The summed E-state index contributed by atoms with van der Waals surface area (Å²) in [5, 5.41) is 6.92. The van der Waals surface area contributed by atoms with Gasteiger partial charge in [-0.2, -0.15) is 5.10 Å². The van der Waals surface area contributed by atoms with Crippen molar-refractivity contribution in [2.45, 2.75) is 25.7 Å². The van der Waals surface area contributed by atoms with Gasteiger partial charge in [-0.15, -0.1) is 0 Å². The number of H-pyrrole nitrogens is 1. The van der Waals surface area contributed by atoms with Gasteiger partial charge >= 0.3 is 0 Å². The maximum atomic E-state index is 13.2. The summed E-state index contributed by atoms with van der Waals surface area (Å²) in [5.74, 6) is -0.514. The Hall–Kier alpha value is -3.09. The minimum absolute atomic E-state index is 0.270. The molecule has 0 aliphatic carbocycles. The van der Waals surface area contributed by atoms with Crippen LogP contribution in [0, 0.1) is 11.6 Å². The van der Waals surface area contributed by atoms with Crippen LogP contribution in [0.1, 0.15) is 39.6 Å². The van der Waals surface area contributed by atoms with E-state index < -0.39 is 17.5 Å². The zero-order chi connectivity index (χ0) is 18.5. The second-order valence-corrected chi connectivity index (χ2v) is 6.03. The molecule has 134 valence electrons. The van der Waals surface area contributed by atoms with E-state index in [-0.39, 0.29) is 6.42 Å². The summed E-state index contributed by atoms with van der Waals surface area (Å²) in [7, 11) is 0. The molecular weight excluding hydrogens is 338 g/mol. The fourth-order valence-corrected chi connectivity index (χ4v) is 2.85. The van der Waals surface area contributed by atoms with Crippen LogP contribution in [-0.4, -0.2) is 21.1 Å². The zero-order valence-corrected chi connectivity index (χ0v) is 14.0. The van der Waals surface area contributed by atoms with Crippen molar-refractivity contribution in [2.75, 3.05) is 0 Å². The van der Waals surface area contributed by atoms with Crippen molar-refractivity contribution in [3.8, 4) is 0 Å². The zero-order valence-electron chi connectivity index (χ0n) is 14.0. The average molecular weight is 356 g/mol. The fourth-order valence-electron chi connectivity index (χ4n) is 2.85. The van der Waals surface area contributed by atoms with Crippen molar-refractivity contribution in [1.82, 2.24) is 15.2 Å². The molecule has 0 saturated carbocycles. The van der Waals surface area contributed by atoms with E-state index in [4.69, 9.17) is 5.73 Å². The first-order valence-electron chi connectivity index (χ1n) is 8.24. The number of rotatable bonds is 7. The third-order valence-corrected chi connectivity index (χ3v) is 4.00. The van der Waals surface area contributed by atoms with Gasteiger partial charge in [-0.25, -0.2) is 13.8 Å². The van der Waals surface area contributed by atoms with Crippen LogP contribution >= 0.6 is 0 Å². The Morgan fingerprint density at radius 2 is 1.81 bits per heavy atom. The number of primary amides is 1. The van der Waals surface area contributed by atoms with Crippen LogP contribution < -0.4 is 5.73 Å². The van der Waals surface area contributed by atoms with E-state index in [0.29, 0.717) is 35.6 Å². The lowest BCUT2D eigenvalue weighted by atomic mass is 10.0. The van der Waals surface area contributed by atoms with Crippen LogP contribution in [0.5, 0.6) is 0 Å². The van der Waals surface area contributed by atoms with Crippen molar-refractivity contribution >= 4 is 5.91 Å². The number of nitrogens with one attached hydrogen (secondary N) is 1. The van der Waals surface area contributed by atoms with Gasteiger partial charge in [0.25, 0.3) is 0 Å². The van der Waals surface area contributed by atoms with Gasteiger partial charge in [0, 0.05) is 24.5 Å². The average Bonchev–Trinajstić information content (AvgIpc) is 3.01. The topological polar surface area (TPSA) is 84.7 Å². The van der Waals surface area contributed by atoms with E-state index in [1.807, 2.05) is 12.1 Å². The van der Waals surface area contributed by atoms with Crippen molar-refractivity contribution in [3.05, 3.63) is 82.4 Å². The van der Waals surface area contributed by atoms with Gasteiger partial charge in [0.2, 0.25) is 5.91 Å². The van der Waals surface area contributed by atoms with E-state index in [2.05, 4.69) is 15.2 Å². The number of aromatic nitrogens is 3. The quantitative estimate of drug-likeness (QED) is 0.683. The highest BCUT2D eigenvalue weighted by Gasteiger charge is 2.09. The summed E-state index contributed by atoms with van der Waals surface area (Å²) in [4.78, 5) is 15.8. The minimum atomic E-state index is -0.618. The van der Waals surface area contributed by atoms with Crippen molar-refractivity contribution < 1.29 is 13.6 Å². The Labute approximate surface area is 149 Å². The highest BCUT2D eigenvalue weighted by atomic mass is 19.1. The van der Waals surface area contributed by atoms with Gasteiger partial charge in [0.05, 0.1) is 0 Å². The first-order chi connectivity index (χ1) is 12.5. The van der Waals surface area contributed by atoms with E-state index >= 15 is 0 Å². The Bertz CT molecular complexity index is 903. The van der Waals surface area contributed by atoms with Gasteiger partial charge in [-0.3, -0.25) is 9.89 Å². The smallest absolute Gasteiger partial charge is 0.248 e. The lowest BCUT2D eigenvalue weighted by molar-refractivity contribution is 0.0999. The Balaban J connectivity index is 1.58. The molecule has 5 nitrogen and oxygen atoms in total. The summed E-state index contributed by atoms with van der Waals surface area (Å²) in [6.07, 6.45) is 2.31. The van der Waals surface area contributed by atoms with Crippen LogP contribution in [0.25, 0.3) is 0 Å². The number of aryl methyl sites for hydroxylation is 2. The Morgan fingerprint density at radius 1 is 1.08 bits per heavy atom. The second-order valence-electron chi connectivity index (χ2n) is 6.03. The summed E-state index contributed by atoms with van der Waals surface area (Å²) < 4.78 is 26.5. The number of carbonyl (C=O) groups is 1. The summed E-state index contributed by atoms with van der Waals surface area (Å²) >= 11 is 0. The second kappa shape index (κ2) is 7.86. The highest BCUT2D eigenvalue weighted by Crippen LogP contribution is 2.13. The number of nitrogens with two attached hydrogens (primary N) is 1. The van der Waals surface area contributed by atoms with Crippen LogP contribution in [-0.2, 0) is 19.3 Å². The molecule has 0 unspecified atom stereocenters. The standard InChI is InChI=1S/C19H18F2N4O/c20-14-8-12(9-15(21)11-14)10-18-23-17(24-25-18)7-3-5-13-4-1-2-6-16(13)19(22)26/h1-2,4,6,8-9,11H,3,5,7,10H2,(H2,22,26)(H,23,24,25). The first-order valence-corrected chi connectivity index (χ1v) is 8.24. The number of carbonyl (C=O) groups excluding carboxylic acids is 1. The minimum Gasteiger partial charge on any atom is -0.366 e. The Morgan fingerprint density at radius 3 is 2.54 bits per heavy atom. The summed E-state index contributed by atoms with van der Waals surface area (Å²) in [6, 6.07) is 10.6. The molecule has 1 heterocycles. The normalized spacial score (nSPS) is 10.8. The molecule has 0 bridgehead atoms. The molecule has 3 rings (SSSR count). The molecule has 26 heavy (non-hydrogen) atoms. The predicted molar refractivity (Wildman–Crippen MR) is 92.5 cm³/mol. The molecule has 1 aromatic heterocycles. The molecule has 0 fully saturated rings. The largest absolute Gasteiger partial charge is 0.366 e. The maximum Gasteiger partial charge on any atom is 0.248 e. The summed E-state index contributed by atoms with van der Waals surface area (Å²) in [6.45, 7) is 0. The molecule has 2 aromatic carbocycles. The monoisotopic (exact) mass is 356 g/mol. The van der Waals surface area contributed by atoms with Crippen LogP contribution in [0.2, 0.25) is 0 Å². The molecule has 0 radical (unpaired) electrons. The molecular formula is C19H18F2N4O. The SMILES string of the molecule is NC(=O)c1ccccc1CCCc1n[nH]c(Cc2cc(F)cc(F)c2)n1. The van der Waals surface area contributed by atoms with Crippen molar-refractivity contribution in [2.24, 2.45) is 5.73 Å². The van der Waals surface area contributed by atoms with E-state index in [1.54, 1.807) is 12.1 Å². The number of amides is 1. The number of hydrogen-bond acceptors (Lipinski definition) is 3. The van der Waals surface area contributed by atoms with Crippen LogP contribution in [0.15, 0.2) is 42.5 Å². The first kappa shape index (κ1) is 17.7. The highest BCUT2D eigenvalue weighted by molar-refractivity contribution is 5.94. The molecule has 7 heteroatoms. The Kier molecular flexibility index (Phi) is 5.36. The number of nitrogens with zero attached hydrogens (tertiary/aromatic N) is 2.